The zero-order valence-electron chi connectivity index (χ0n) is 22.8. The van der Waals surface area contributed by atoms with Gasteiger partial charge in [0.05, 0.1) is 26.4 Å². The molecule has 0 fully saturated rings. The Morgan fingerprint density at radius 2 is 1.77 bits per heavy atom. The number of ether oxygens (including phenoxy) is 4. The summed E-state index contributed by atoms with van der Waals surface area (Å²) >= 11 is 0. The highest BCUT2D eigenvalue weighted by molar-refractivity contribution is 6.74. The molecular formula is C27H44O7Si. The summed E-state index contributed by atoms with van der Waals surface area (Å²) in [6, 6.07) is 7.47. The van der Waals surface area contributed by atoms with E-state index >= 15 is 0 Å². The number of benzene rings is 1. The summed E-state index contributed by atoms with van der Waals surface area (Å²) in [7, 11) is 0.738. The average Bonchev–Trinajstić information content (AvgIpc) is 2.81. The molecule has 0 aromatic heterocycles. The molecule has 0 aliphatic rings. The molecule has 7 nitrogen and oxygen atoms in total. The van der Waals surface area contributed by atoms with Gasteiger partial charge in [-0.1, -0.05) is 32.9 Å². The lowest BCUT2D eigenvalue weighted by atomic mass is 9.99. The second-order valence-corrected chi connectivity index (χ2v) is 14.7. The number of hydrogen-bond acceptors (Lipinski definition) is 7. The van der Waals surface area contributed by atoms with Gasteiger partial charge in [-0.15, -0.1) is 11.8 Å². The van der Waals surface area contributed by atoms with Crippen LogP contribution in [0.4, 0.5) is 0 Å². The Bertz CT molecular complexity index is 821. The van der Waals surface area contributed by atoms with Gasteiger partial charge in [0.15, 0.2) is 14.4 Å². The monoisotopic (exact) mass is 508 g/mol. The quantitative estimate of drug-likeness (QED) is 0.221. The fourth-order valence-electron chi connectivity index (χ4n) is 3.24. The maximum Gasteiger partial charge on any atom is 0.336 e. The van der Waals surface area contributed by atoms with Gasteiger partial charge in [-0.3, -0.25) is 0 Å². The molecule has 1 rings (SSSR count). The Kier molecular flexibility index (Phi) is 13.0. The number of aliphatic hydroxyl groups excluding tert-OH is 1. The Morgan fingerprint density at radius 1 is 1.14 bits per heavy atom. The van der Waals surface area contributed by atoms with Crippen molar-refractivity contribution < 1.29 is 33.3 Å². The first kappa shape index (κ1) is 31.1. The summed E-state index contributed by atoms with van der Waals surface area (Å²) in [5.74, 6) is 6.04. The molecule has 4 atom stereocenters. The maximum absolute atomic E-state index is 13.0. The summed E-state index contributed by atoms with van der Waals surface area (Å²) < 4.78 is 28.9. The van der Waals surface area contributed by atoms with Crippen molar-refractivity contribution in [3.63, 3.8) is 0 Å². The molecule has 0 heterocycles. The standard InChI is InChI=1S/C27H44O7Si/c1-10-12-13-14-22(31-7)24(33-19-20-15-17-21(30-6)18-16-20)23(28)25(26(29)32-11-2)34-35(8,9)27(3,4)5/h15-18,22-25,28H,11,13-14,19H2,1-9H3/t22-,23+,24-,25+/m0/s1. The summed E-state index contributed by atoms with van der Waals surface area (Å²) in [4.78, 5) is 13.0. The van der Waals surface area contributed by atoms with E-state index in [4.69, 9.17) is 23.4 Å². The molecule has 1 aromatic carbocycles. The van der Waals surface area contributed by atoms with E-state index in [1.165, 1.54) is 0 Å². The predicted octanol–water partition coefficient (Wildman–Crippen LogP) is 4.71. The van der Waals surface area contributed by atoms with Crippen molar-refractivity contribution in [3.05, 3.63) is 29.8 Å². The highest BCUT2D eigenvalue weighted by Gasteiger charge is 2.46. The molecule has 0 saturated carbocycles. The van der Waals surface area contributed by atoms with Crippen molar-refractivity contribution >= 4 is 14.3 Å². The Morgan fingerprint density at radius 3 is 2.26 bits per heavy atom. The minimum atomic E-state index is -2.44. The topological polar surface area (TPSA) is 83.5 Å². The third-order valence-corrected chi connectivity index (χ3v) is 10.9. The van der Waals surface area contributed by atoms with Crippen LogP contribution in [-0.2, 0) is 30.0 Å². The Labute approximate surface area is 212 Å². The highest BCUT2D eigenvalue weighted by atomic mass is 28.4. The Balaban J connectivity index is 3.29. The van der Waals surface area contributed by atoms with Gasteiger partial charge in [0.1, 0.15) is 18.0 Å². The molecule has 1 aromatic rings. The maximum atomic E-state index is 13.0. The second-order valence-electron chi connectivity index (χ2n) is 9.90. The van der Waals surface area contributed by atoms with Crippen LogP contribution < -0.4 is 4.74 Å². The van der Waals surface area contributed by atoms with Crippen LogP contribution in [0.1, 0.15) is 53.0 Å². The summed E-state index contributed by atoms with van der Waals surface area (Å²) in [5, 5.41) is 11.4. The first-order valence-electron chi connectivity index (χ1n) is 12.1. The van der Waals surface area contributed by atoms with Gasteiger partial charge < -0.3 is 28.5 Å². The van der Waals surface area contributed by atoms with E-state index in [9.17, 15) is 9.90 Å². The summed E-state index contributed by atoms with van der Waals surface area (Å²) in [5.41, 5.74) is 0.893. The molecule has 0 bridgehead atoms. The molecule has 0 unspecified atom stereocenters. The fraction of sp³-hybridized carbons (Fsp3) is 0.667. The molecular weight excluding hydrogens is 464 g/mol. The summed E-state index contributed by atoms with van der Waals surface area (Å²) in [6.07, 6.45) is -2.77. The largest absolute Gasteiger partial charge is 0.497 e. The minimum absolute atomic E-state index is 0.172. The summed E-state index contributed by atoms with van der Waals surface area (Å²) in [6.45, 7) is 14.2. The smallest absolute Gasteiger partial charge is 0.336 e. The van der Waals surface area contributed by atoms with Crippen molar-refractivity contribution in [2.75, 3.05) is 20.8 Å². The number of carbonyl (C=O) groups is 1. The van der Waals surface area contributed by atoms with Crippen LogP contribution in [0.15, 0.2) is 24.3 Å². The lowest BCUT2D eigenvalue weighted by molar-refractivity contribution is -0.175. The van der Waals surface area contributed by atoms with Crippen LogP contribution in [0, 0.1) is 11.8 Å². The second kappa shape index (κ2) is 14.6. The molecule has 0 spiro atoms. The minimum Gasteiger partial charge on any atom is -0.497 e. The SMILES string of the molecule is CC#CCC[C@H](OC)[C@H](OCc1ccc(OC)cc1)[C@@H](O)[C@@H](O[Si](C)(C)C(C)(C)C)C(=O)OCC. The zero-order valence-corrected chi connectivity index (χ0v) is 23.8. The van der Waals surface area contributed by atoms with Crippen LogP contribution in [-0.4, -0.2) is 64.6 Å². The third-order valence-electron chi connectivity index (χ3n) is 6.39. The highest BCUT2D eigenvalue weighted by Crippen LogP contribution is 2.38. The molecule has 0 amide bonds. The van der Waals surface area contributed by atoms with Gasteiger partial charge in [-0.25, -0.2) is 4.79 Å². The molecule has 35 heavy (non-hydrogen) atoms. The molecule has 0 aliphatic carbocycles. The van der Waals surface area contributed by atoms with Crippen LogP contribution >= 0.6 is 0 Å². The van der Waals surface area contributed by atoms with E-state index in [2.05, 4.69) is 32.6 Å². The molecule has 0 radical (unpaired) electrons. The third kappa shape index (κ3) is 9.58. The van der Waals surface area contributed by atoms with Crippen LogP contribution in [0.2, 0.25) is 18.1 Å². The normalized spacial score (nSPS) is 15.4. The number of methoxy groups -OCH3 is 2. The predicted molar refractivity (Wildman–Crippen MR) is 140 cm³/mol. The van der Waals surface area contributed by atoms with E-state index in [1.807, 2.05) is 37.4 Å². The van der Waals surface area contributed by atoms with Crippen LogP contribution in [0.3, 0.4) is 0 Å². The van der Waals surface area contributed by atoms with Crippen molar-refractivity contribution in [1.82, 2.24) is 0 Å². The fourth-order valence-corrected chi connectivity index (χ4v) is 4.47. The van der Waals surface area contributed by atoms with Crippen molar-refractivity contribution in [1.29, 1.82) is 0 Å². The lowest BCUT2D eigenvalue weighted by Crippen LogP contribution is -2.56. The van der Waals surface area contributed by atoms with Crippen molar-refractivity contribution in [2.45, 2.75) is 96.6 Å². The van der Waals surface area contributed by atoms with E-state index in [-0.39, 0.29) is 18.3 Å². The number of esters is 1. The average molecular weight is 509 g/mol. The van der Waals surface area contributed by atoms with Crippen LogP contribution in [0.5, 0.6) is 5.75 Å². The molecule has 198 valence electrons. The van der Waals surface area contributed by atoms with Crippen molar-refractivity contribution in [3.8, 4) is 17.6 Å². The van der Waals surface area contributed by atoms with Crippen molar-refractivity contribution in [2.24, 2.45) is 0 Å². The number of aliphatic hydroxyl groups is 1. The van der Waals surface area contributed by atoms with Gasteiger partial charge in [0.25, 0.3) is 0 Å². The first-order valence-corrected chi connectivity index (χ1v) is 15.0. The van der Waals surface area contributed by atoms with E-state index in [0.717, 1.165) is 11.3 Å². The lowest BCUT2D eigenvalue weighted by Gasteiger charge is -2.41. The van der Waals surface area contributed by atoms with Gasteiger partial charge in [-0.05, 0) is 56.1 Å². The molecule has 0 saturated heterocycles. The first-order chi connectivity index (χ1) is 16.4. The van der Waals surface area contributed by atoms with E-state index < -0.39 is 38.7 Å². The number of rotatable bonds is 14. The van der Waals surface area contributed by atoms with E-state index in [1.54, 1.807) is 28.1 Å². The van der Waals surface area contributed by atoms with Gasteiger partial charge in [0, 0.05) is 13.5 Å². The number of hydrogen-bond donors (Lipinski definition) is 1. The van der Waals surface area contributed by atoms with Gasteiger partial charge in [0.2, 0.25) is 0 Å². The molecule has 0 aliphatic heterocycles. The zero-order chi connectivity index (χ0) is 26.6. The molecule has 8 heteroatoms. The van der Waals surface area contributed by atoms with Crippen LogP contribution in [0.25, 0.3) is 0 Å². The van der Waals surface area contributed by atoms with Gasteiger partial charge >= 0.3 is 5.97 Å². The Hall–Kier alpha value is -1.89. The number of carbonyl (C=O) groups excluding carboxylic acids is 1. The molecule has 1 N–H and O–H groups in total. The van der Waals surface area contributed by atoms with E-state index in [0.29, 0.717) is 12.8 Å². The van der Waals surface area contributed by atoms with Gasteiger partial charge in [-0.2, -0.15) is 0 Å².